The van der Waals surface area contributed by atoms with Crippen LogP contribution in [0.2, 0.25) is 0 Å². The number of hydrogen-bond acceptors (Lipinski definition) is 4. The van der Waals surface area contributed by atoms with E-state index in [1.54, 1.807) is 6.07 Å². The summed E-state index contributed by atoms with van der Waals surface area (Å²) in [5, 5.41) is 8.04. The lowest BCUT2D eigenvalue weighted by Gasteiger charge is -2.11. The van der Waals surface area contributed by atoms with Gasteiger partial charge in [-0.1, -0.05) is 0 Å². The number of carbonyl (C=O) groups excluding carboxylic acids is 1. The normalized spacial score (nSPS) is 13.4. The maximum Gasteiger partial charge on any atom is 0.433 e. The van der Waals surface area contributed by atoms with Crippen LogP contribution in [0.25, 0.3) is 11.3 Å². The Morgan fingerprint density at radius 2 is 1.93 bits per heavy atom. The summed E-state index contributed by atoms with van der Waals surface area (Å²) in [6.07, 6.45) is -0.135. The number of halogens is 4. The van der Waals surface area contributed by atoms with Crippen molar-refractivity contribution in [3.05, 3.63) is 53.0 Å². The van der Waals surface area contributed by atoms with Gasteiger partial charge in [0.15, 0.2) is 11.5 Å². The first-order chi connectivity index (χ1) is 14.1. The second kappa shape index (κ2) is 8.25. The first kappa shape index (κ1) is 21.5. The number of nitrogens with zero attached hydrogens (tertiary/aromatic N) is 5. The fraction of sp³-hybridized carbons (Fsp3) is 0.368. The minimum Gasteiger partial charge on any atom is -0.364 e. The van der Waals surface area contributed by atoms with E-state index in [1.165, 1.54) is 20.2 Å². The maximum atomic E-state index is 12.9. The van der Waals surface area contributed by atoms with Crippen LogP contribution in [0, 0.1) is 12.7 Å². The lowest BCUT2D eigenvalue weighted by Crippen LogP contribution is -2.17. The summed E-state index contributed by atoms with van der Waals surface area (Å²) in [5.41, 5.74) is 6.15. The summed E-state index contributed by atoms with van der Waals surface area (Å²) in [4.78, 5) is 13.9. The van der Waals surface area contributed by atoms with Gasteiger partial charge in [-0.25, -0.2) is 4.39 Å². The van der Waals surface area contributed by atoms with Gasteiger partial charge in [0, 0.05) is 31.0 Å². The maximum absolute atomic E-state index is 12.9. The third kappa shape index (κ3) is 4.50. The predicted octanol–water partition coefficient (Wildman–Crippen LogP) is 3.27. The van der Waals surface area contributed by atoms with Crippen LogP contribution < -0.4 is 5.73 Å². The third-order valence-corrected chi connectivity index (χ3v) is 4.64. The molecule has 2 N–H and O–H groups in total. The van der Waals surface area contributed by atoms with Crippen molar-refractivity contribution in [1.29, 1.82) is 0 Å². The first-order valence-corrected chi connectivity index (χ1v) is 9.17. The number of nitrogens with two attached hydrogens (primary N) is 1. The molecule has 0 radical (unpaired) electrons. The number of primary amides is 1. The average Bonchev–Trinajstić information content (AvgIpc) is 3.22. The van der Waals surface area contributed by atoms with E-state index in [0.717, 1.165) is 42.2 Å². The quantitative estimate of drug-likeness (QED) is 0.640. The monoisotopic (exact) mass is 424 g/mol. The number of aromatic nitrogens is 5. The number of rotatable bonds is 2. The van der Waals surface area contributed by atoms with Crippen LogP contribution in [0.3, 0.4) is 0 Å². The van der Waals surface area contributed by atoms with Crippen molar-refractivity contribution < 1.29 is 22.4 Å². The highest BCUT2D eigenvalue weighted by molar-refractivity contribution is 5.91. The molecule has 3 aromatic heterocycles. The molecular weight excluding hydrogens is 404 g/mol. The van der Waals surface area contributed by atoms with E-state index in [4.69, 9.17) is 5.73 Å². The molecule has 4 rings (SSSR count). The molecule has 0 saturated heterocycles. The van der Waals surface area contributed by atoms with E-state index in [1.807, 2.05) is 10.7 Å². The van der Waals surface area contributed by atoms with Gasteiger partial charge in [0.25, 0.3) is 5.91 Å². The summed E-state index contributed by atoms with van der Waals surface area (Å²) in [7, 11) is 1.47. The van der Waals surface area contributed by atoms with Crippen molar-refractivity contribution in [2.75, 3.05) is 0 Å². The van der Waals surface area contributed by atoms with Crippen molar-refractivity contribution in [1.82, 2.24) is 24.5 Å². The van der Waals surface area contributed by atoms with E-state index in [2.05, 4.69) is 15.2 Å². The van der Waals surface area contributed by atoms with Crippen LogP contribution in [0.4, 0.5) is 17.6 Å². The molecule has 160 valence electrons. The zero-order valence-electron chi connectivity index (χ0n) is 16.4. The van der Waals surface area contributed by atoms with Crippen molar-refractivity contribution in [3.8, 4) is 11.3 Å². The van der Waals surface area contributed by atoms with Crippen LogP contribution in [-0.2, 0) is 26.2 Å². The summed E-state index contributed by atoms with van der Waals surface area (Å²) in [6, 6.07) is 4.48. The second-order valence-corrected chi connectivity index (χ2v) is 6.86. The van der Waals surface area contributed by atoms with Crippen molar-refractivity contribution >= 4 is 5.91 Å². The molecule has 0 spiro atoms. The van der Waals surface area contributed by atoms with E-state index >= 15 is 0 Å². The lowest BCUT2D eigenvalue weighted by atomic mass is 10.1. The van der Waals surface area contributed by atoms with Crippen LogP contribution in [-0.4, -0.2) is 30.5 Å². The predicted molar refractivity (Wildman–Crippen MR) is 99.8 cm³/mol. The minimum atomic E-state index is -4.42. The number of amides is 1. The standard InChI is InChI=1S/C13H12F3N3.C6H8FN3O/c14-13(15,16)12-7-9(4-5-17-12)11-8-10-3-1-2-6-19(10)18-11;1-3-4(7)5(6(8)11)10(2)9-3/h4-5,7-8H,1-3,6H2;1-2H3,(H2,8,11). The molecule has 0 unspecified atom stereocenters. The Kier molecular flexibility index (Phi) is 5.90. The molecule has 11 heteroatoms. The summed E-state index contributed by atoms with van der Waals surface area (Å²) < 4.78 is 53.8. The van der Waals surface area contributed by atoms with Crippen molar-refractivity contribution in [3.63, 3.8) is 0 Å². The Morgan fingerprint density at radius 3 is 2.47 bits per heavy atom. The molecule has 0 saturated carbocycles. The molecule has 0 fully saturated rings. The molecule has 4 heterocycles. The van der Waals surface area contributed by atoms with Crippen molar-refractivity contribution in [2.24, 2.45) is 12.8 Å². The largest absolute Gasteiger partial charge is 0.433 e. The molecule has 0 aliphatic carbocycles. The van der Waals surface area contributed by atoms with Gasteiger partial charge in [-0.3, -0.25) is 19.1 Å². The number of carbonyl (C=O) groups is 1. The van der Waals surface area contributed by atoms with E-state index in [0.29, 0.717) is 11.3 Å². The van der Waals surface area contributed by atoms with Gasteiger partial charge in [-0.05, 0) is 44.4 Å². The van der Waals surface area contributed by atoms with Gasteiger partial charge in [0.2, 0.25) is 0 Å². The molecule has 1 aliphatic rings. The molecule has 1 aliphatic heterocycles. The minimum absolute atomic E-state index is 0.178. The molecule has 3 aromatic rings. The summed E-state index contributed by atoms with van der Waals surface area (Å²) >= 11 is 0. The Hall–Kier alpha value is -3.24. The number of hydrogen-bond donors (Lipinski definition) is 1. The summed E-state index contributed by atoms with van der Waals surface area (Å²) in [6.45, 7) is 2.31. The van der Waals surface area contributed by atoms with Gasteiger partial charge in [0.1, 0.15) is 5.69 Å². The Bertz CT molecular complexity index is 1050. The van der Waals surface area contributed by atoms with Gasteiger partial charge >= 0.3 is 6.18 Å². The Morgan fingerprint density at radius 1 is 1.20 bits per heavy atom. The topological polar surface area (TPSA) is 91.6 Å². The number of aryl methyl sites for hydroxylation is 4. The molecule has 0 aromatic carbocycles. The van der Waals surface area contributed by atoms with Gasteiger partial charge < -0.3 is 5.73 Å². The van der Waals surface area contributed by atoms with Gasteiger partial charge in [0.05, 0.1) is 11.4 Å². The highest BCUT2D eigenvalue weighted by Gasteiger charge is 2.32. The zero-order chi connectivity index (χ0) is 22.1. The highest BCUT2D eigenvalue weighted by atomic mass is 19.4. The van der Waals surface area contributed by atoms with Crippen molar-refractivity contribution in [2.45, 2.75) is 38.9 Å². The second-order valence-electron chi connectivity index (χ2n) is 6.86. The van der Waals surface area contributed by atoms with E-state index in [9.17, 15) is 22.4 Å². The number of pyridine rings is 1. The van der Waals surface area contributed by atoms with Crippen LogP contribution >= 0.6 is 0 Å². The van der Waals surface area contributed by atoms with Gasteiger partial charge in [-0.2, -0.15) is 23.4 Å². The lowest BCUT2D eigenvalue weighted by molar-refractivity contribution is -0.141. The van der Waals surface area contributed by atoms with Gasteiger partial charge in [-0.15, -0.1) is 0 Å². The molecule has 7 nitrogen and oxygen atoms in total. The molecular formula is C19H20F4N6O. The average molecular weight is 424 g/mol. The SMILES string of the molecule is Cc1nn(C)c(C(N)=O)c1F.FC(F)(F)c1cc(-c2cc3n(n2)CCCC3)ccn1. The van der Waals surface area contributed by atoms with Crippen LogP contribution in [0.1, 0.15) is 40.4 Å². The van der Waals surface area contributed by atoms with Crippen LogP contribution in [0.5, 0.6) is 0 Å². The Balaban J connectivity index is 0.000000199. The molecule has 0 atom stereocenters. The smallest absolute Gasteiger partial charge is 0.364 e. The molecule has 0 bridgehead atoms. The van der Waals surface area contributed by atoms with E-state index < -0.39 is 23.6 Å². The number of fused-ring (bicyclic) bond motifs is 1. The fourth-order valence-corrected chi connectivity index (χ4v) is 3.20. The first-order valence-electron chi connectivity index (χ1n) is 9.17. The van der Waals surface area contributed by atoms with E-state index in [-0.39, 0.29) is 11.4 Å². The number of alkyl halides is 3. The highest BCUT2D eigenvalue weighted by Crippen LogP contribution is 2.30. The zero-order valence-corrected chi connectivity index (χ0v) is 16.4. The van der Waals surface area contributed by atoms with Crippen LogP contribution in [0.15, 0.2) is 24.4 Å². The third-order valence-electron chi connectivity index (χ3n) is 4.64. The Labute approximate surface area is 169 Å². The molecule has 1 amide bonds. The molecule has 30 heavy (non-hydrogen) atoms. The summed E-state index contributed by atoms with van der Waals surface area (Å²) in [5.74, 6) is -1.44. The fourth-order valence-electron chi connectivity index (χ4n) is 3.20.